The van der Waals surface area contributed by atoms with E-state index in [-0.39, 0.29) is 0 Å². The fourth-order valence-corrected chi connectivity index (χ4v) is 1.90. The average Bonchev–Trinajstić information content (AvgIpc) is 2.89. The number of benzene rings is 1. The lowest BCUT2D eigenvalue weighted by Crippen LogP contribution is -1.98. The van der Waals surface area contributed by atoms with Crippen LogP contribution < -0.4 is 14.8 Å². The highest BCUT2D eigenvalue weighted by molar-refractivity contribution is 5.68. The highest BCUT2D eigenvalue weighted by Gasteiger charge is 2.11. The van der Waals surface area contributed by atoms with Crippen LogP contribution in [-0.4, -0.2) is 33.8 Å². The molecule has 2 aromatic heterocycles. The molecule has 0 unspecified atom stereocenters. The fraction of sp³-hybridized carbons (Fsp3) is 0.154. The van der Waals surface area contributed by atoms with Crippen LogP contribution in [0.15, 0.2) is 36.8 Å². The first-order valence-corrected chi connectivity index (χ1v) is 5.96. The van der Waals surface area contributed by atoms with Gasteiger partial charge < -0.3 is 14.8 Å². The van der Waals surface area contributed by atoms with Gasteiger partial charge in [0.25, 0.3) is 0 Å². The molecule has 0 fully saturated rings. The Morgan fingerprint density at radius 3 is 2.85 bits per heavy atom. The Balaban J connectivity index is 1.98. The molecule has 102 valence electrons. The minimum Gasteiger partial charge on any atom is -0.493 e. The summed E-state index contributed by atoms with van der Waals surface area (Å²) in [7, 11) is 3.18. The highest BCUT2D eigenvalue weighted by atomic mass is 16.5. The molecule has 3 aromatic rings. The van der Waals surface area contributed by atoms with Crippen LogP contribution in [0.2, 0.25) is 0 Å². The van der Waals surface area contributed by atoms with Crippen molar-refractivity contribution >= 4 is 17.3 Å². The van der Waals surface area contributed by atoms with Crippen LogP contribution in [0.3, 0.4) is 0 Å². The van der Waals surface area contributed by atoms with Crippen LogP contribution in [0.1, 0.15) is 0 Å². The van der Waals surface area contributed by atoms with Crippen LogP contribution in [0.25, 0.3) is 5.65 Å². The summed E-state index contributed by atoms with van der Waals surface area (Å²) in [5.74, 6) is 1.71. The number of nitrogens with zero attached hydrogens (tertiary/aromatic N) is 4. The molecule has 3 rings (SSSR count). The van der Waals surface area contributed by atoms with Crippen LogP contribution in [0, 0.1) is 0 Å². The van der Waals surface area contributed by atoms with E-state index in [1.807, 2.05) is 18.2 Å². The standard InChI is InChI=1S/C13H13N5O2/c1-19-10-5-3-4-9(12(10)20-2)15-13-16-11-8-14-6-7-18(11)17-13/h3-8H,1-2H3,(H,15,17). The van der Waals surface area contributed by atoms with Crippen molar-refractivity contribution < 1.29 is 9.47 Å². The van der Waals surface area contributed by atoms with E-state index in [9.17, 15) is 0 Å². The summed E-state index contributed by atoms with van der Waals surface area (Å²) in [6, 6.07) is 5.55. The van der Waals surface area contributed by atoms with E-state index in [1.54, 1.807) is 37.3 Å². The quantitative estimate of drug-likeness (QED) is 0.781. The number of ether oxygens (including phenoxy) is 2. The third kappa shape index (κ3) is 2.09. The molecule has 0 bridgehead atoms. The molecule has 0 saturated heterocycles. The minimum absolute atomic E-state index is 0.463. The maximum Gasteiger partial charge on any atom is 0.247 e. The summed E-state index contributed by atoms with van der Waals surface area (Å²) < 4.78 is 12.2. The monoisotopic (exact) mass is 271 g/mol. The normalized spacial score (nSPS) is 10.5. The van der Waals surface area contributed by atoms with Crippen molar-refractivity contribution in [2.75, 3.05) is 19.5 Å². The summed E-state index contributed by atoms with van der Waals surface area (Å²) in [5, 5.41) is 7.41. The van der Waals surface area contributed by atoms with Gasteiger partial charge in [-0.15, -0.1) is 5.10 Å². The molecule has 0 atom stereocenters. The molecule has 1 N–H and O–H groups in total. The first-order valence-electron chi connectivity index (χ1n) is 5.96. The van der Waals surface area contributed by atoms with Gasteiger partial charge in [0.15, 0.2) is 17.1 Å². The van der Waals surface area contributed by atoms with Gasteiger partial charge in [-0.3, -0.25) is 4.98 Å². The van der Waals surface area contributed by atoms with Gasteiger partial charge >= 0.3 is 0 Å². The largest absolute Gasteiger partial charge is 0.493 e. The van der Waals surface area contributed by atoms with Crippen molar-refractivity contribution in [2.45, 2.75) is 0 Å². The van der Waals surface area contributed by atoms with Crippen molar-refractivity contribution in [1.82, 2.24) is 19.6 Å². The summed E-state index contributed by atoms with van der Waals surface area (Å²) in [6.45, 7) is 0. The van der Waals surface area contributed by atoms with Crippen molar-refractivity contribution in [1.29, 1.82) is 0 Å². The van der Waals surface area contributed by atoms with Crippen LogP contribution in [0.5, 0.6) is 11.5 Å². The molecule has 7 heteroatoms. The topological polar surface area (TPSA) is 73.6 Å². The molecule has 0 aliphatic carbocycles. The van der Waals surface area contributed by atoms with E-state index in [2.05, 4.69) is 20.4 Å². The van der Waals surface area contributed by atoms with Crippen molar-refractivity contribution in [3.63, 3.8) is 0 Å². The second-order valence-electron chi connectivity index (χ2n) is 3.98. The Labute approximate surface area is 115 Å². The van der Waals surface area contributed by atoms with E-state index >= 15 is 0 Å². The molecule has 0 amide bonds. The Bertz CT molecular complexity index is 707. The Morgan fingerprint density at radius 2 is 2.10 bits per heavy atom. The Kier molecular flexibility index (Phi) is 3.08. The zero-order valence-corrected chi connectivity index (χ0v) is 11.1. The number of anilines is 2. The molecule has 20 heavy (non-hydrogen) atoms. The summed E-state index contributed by atoms with van der Waals surface area (Å²) in [6.07, 6.45) is 5.02. The number of hydrogen-bond acceptors (Lipinski definition) is 6. The van der Waals surface area contributed by atoms with Crippen LogP contribution in [-0.2, 0) is 0 Å². The second kappa shape index (κ2) is 5.04. The summed E-state index contributed by atoms with van der Waals surface area (Å²) in [4.78, 5) is 8.32. The molecular weight excluding hydrogens is 258 g/mol. The number of fused-ring (bicyclic) bond motifs is 1. The third-order valence-corrected chi connectivity index (χ3v) is 2.79. The molecule has 0 aliphatic rings. The third-order valence-electron chi connectivity index (χ3n) is 2.79. The molecule has 0 spiro atoms. The lowest BCUT2D eigenvalue weighted by molar-refractivity contribution is 0.356. The SMILES string of the molecule is COc1cccc(Nc2nc3cnccn3n2)c1OC. The maximum atomic E-state index is 5.35. The van der Waals surface area contributed by atoms with E-state index < -0.39 is 0 Å². The predicted molar refractivity (Wildman–Crippen MR) is 73.6 cm³/mol. The Morgan fingerprint density at radius 1 is 1.20 bits per heavy atom. The molecule has 0 saturated carbocycles. The molecule has 1 aromatic carbocycles. The van der Waals surface area contributed by atoms with Gasteiger partial charge in [-0.1, -0.05) is 6.07 Å². The Hall–Kier alpha value is -2.83. The lowest BCUT2D eigenvalue weighted by atomic mass is 10.2. The molecular formula is C13H13N5O2. The average molecular weight is 271 g/mol. The number of hydrogen-bond donors (Lipinski definition) is 1. The maximum absolute atomic E-state index is 5.35. The van der Waals surface area contributed by atoms with Gasteiger partial charge in [0, 0.05) is 12.4 Å². The zero-order valence-electron chi connectivity index (χ0n) is 11.1. The van der Waals surface area contributed by atoms with E-state index in [4.69, 9.17) is 9.47 Å². The molecule has 0 aliphatic heterocycles. The number of aromatic nitrogens is 4. The highest BCUT2D eigenvalue weighted by Crippen LogP contribution is 2.35. The number of rotatable bonds is 4. The van der Waals surface area contributed by atoms with Crippen molar-refractivity contribution in [3.8, 4) is 11.5 Å². The summed E-state index contributed by atoms with van der Waals surface area (Å²) >= 11 is 0. The van der Waals surface area contributed by atoms with Crippen molar-refractivity contribution in [3.05, 3.63) is 36.8 Å². The van der Waals surface area contributed by atoms with E-state index in [0.29, 0.717) is 23.1 Å². The predicted octanol–water partition coefficient (Wildman–Crippen LogP) is 1.89. The first kappa shape index (κ1) is 12.2. The van der Waals surface area contributed by atoms with Crippen LogP contribution >= 0.6 is 0 Å². The molecule has 7 nitrogen and oxygen atoms in total. The molecule has 2 heterocycles. The van der Waals surface area contributed by atoms with Crippen LogP contribution in [0.4, 0.5) is 11.6 Å². The number of nitrogens with one attached hydrogen (secondary N) is 1. The lowest BCUT2D eigenvalue weighted by Gasteiger charge is -2.12. The van der Waals surface area contributed by atoms with Gasteiger partial charge in [0.1, 0.15) is 0 Å². The smallest absolute Gasteiger partial charge is 0.247 e. The number of methoxy groups -OCH3 is 2. The van der Waals surface area contributed by atoms with Gasteiger partial charge in [0.05, 0.1) is 26.1 Å². The van der Waals surface area contributed by atoms with Crippen molar-refractivity contribution in [2.24, 2.45) is 0 Å². The van der Waals surface area contributed by atoms with Gasteiger partial charge in [0.2, 0.25) is 5.95 Å². The first-order chi connectivity index (χ1) is 9.81. The second-order valence-corrected chi connectivity index (χ2v) is 3.98. The minimum atomic E-state index is 0.463. The van der Waals surface area contributed by atoms with Gasteiger partial charge in [-0.05, 0) is 12.1 Å². The van der Waals surface area contributed by atoms with E-state index in [1.165, 1.54) is 0 Å². The van der Waals surface area contributed by atoms with Gasteiger partial charge in [-0.2, -0.15) is 4.98 Å². The van der Waals surface area contributed by atoms with E-state index in [0.717, 1.165) is 5.69 Å². The fourth-order valence-electron chi connectivity index (χ4n) is 1.90. The van der Waals surface area contributed by atoms with Gasteiger partial charge in [-0.25, -0.2) is 4.52 Å². The number of para-hydroxylation sites is 1. The zero-order chi connectivity index (χ0) is 13.9. The summed E-state index contributed by atoms with van der Waals surface area (Å²) in [5.41, 5.74) is 1.40. The molecule has 0 radical (unpaired) electrons.